The van der Waals surface area contributed by atoms with Gasteiger partial charge in [0.05, 0.1) is 12.6 Å². The molecule has 0 radical (unpaired) electrons. The van der Waals surface area contributed by atoms with Gasteiger partial charge in [-0.1, -0.05) is 71.5 Å². The monoisotopic (exact) mass is 535 g/mol. The van der Waals surface area contributed by atoms with Crippen LogP contribution in [-0.4, -0.2) is 28.2 Å². The molecule has 9 heteroatoms. The SMILES string of the molecule is Cc1ccc(C(=O)Nc2nnc(CC(=O)N/N=C\c3ccc(OCc4cccc5ccccc45)cc3)s2)cc1. The minimum atomic E-state index is -0.339. The fraction of sp³-hybridized carbons (Fsp3) is 0.100. The number of hydrogen-bond acceptors (Lipinski definition) is 7. The number of aromatic nitrogens is 2. The van der Waals surface area contributed by atoms with Gasteiger partial charge >= 0.3 is 0 Å². The van der Waals surface area contributed by atoms with Gasteiger partial charge in [0.2, 0.25) is 11.0 Å². The van der Waals surface area contributed by atoms with Gasteiger partial charge in [0, 0.05) is 5.56 Å². The highest BCUT2D eigenvalue weighted by atomic mass is 32.1. The van der Waals surface area contributed by atoms with Crippen LogP contribution in [0.15, 0.2) is 96.1 Å². The second-order valence-electron chi connectivity index (χ2n) is 8.79. The van der Waals surface area contributed by atoms with Gasteiger partial charge in [-0.2, -0.15) is 5.10 Å². The van der Waals surface area contributed by atoms with Crippen molar-refractivity contribution in [2.75, 3.05) is 5.32 Å². The van der Waals surface area contributed by atoms with Crippen LogP contribution in [0.1, 0.15) is 32.1 Å². The highest BCUT2D eigenvalue weighted by Crippen LogP contribution is 2.21. The van der Waals surface area contributed by atoms with Crippen molar-refractivity contribution in [1.82, 2.24) is 15.6 Å². The van der Waals surface area contributed by atoms with E-state index in [9.17, 15) is 9.59 Å². The Balaban J connectivity index is 1.08. The molecular formula is C30H25N5O3S. The lowest BCUT2D eigenvalue weighted by molar-refractivity contribution is -0.120. The highest BCUT2D eigenvalue weighted by molar-refractivity contribution is 7.15. The van der Waals surface area contributed by atoms with Crippen LogP contribution in [0.3, 0.4) is 0 Å². The van der Waals surface area contributed by atoms with Gasteiger partial charge in [0.15, 0.2) is 0 Å². The number of benzene rings is 4. The molecule has 5 aromatic rings. The Morgan fingerprint density at radius 1 is 0.923 bits per heavy atom. The first kappa shape index (κ1) is 25.7. The molecule has 0 saturated heterocycles. The van der Waals surface area contributed by atoms with E-state index in [1.54, 1.807) is 18.3 Å². The molecule has 0 aliphatic carbocycles. The van der Waals surface area contributed by atoms with E-state index in [1.807, 2.05) is 61.5 Å². The zero-order chi connectivity index (χ0) is 27.0. The normalized spacial score (nSPS) is 11.0. The number of amides is 2. The van der Waals surface area contributed by atoms with Crippen molar-refractivity contribution in [1.29, 1.82) is 0 Å². The number of carbonyl (C=O) groups is 2. The average Bonchev–Trinajstić information content (AvgIpc) is 3.39. The molecule has 4 aromatic carbocycles. The molecule has 8 nitrogen and oxygen atoms in total. The molecule has 194 valence electrons. The topological polar surface area (TPSA) is 106 Å². The summed E-state index contributed by atoms with van der Waals surface area (Å²) in [4.78, 5) is 24.6. The molecule has 0 fully saturated rings. The fourth-order valence-corrected chi connectivity index (χ4v) is 4.57. The third-order valence-electron chi connectivity index (χ3n) is 5.87. The number of rotatable bonds is 9. The Hall–Kier alpha value is -4.89. The van der Waals surface area contributed by atoms with E-state index < -0.39 is 0 Å². The lowest BCUT2D eigenvalue weighted by Crippen LogP contribution is -2.19. The summed E-state index contributed by atoms with van der Waals surface area (Å²) in [5.41, 5.74) is 6.01. The molecule has 2 N–H and O–H groups in total. The number of nitrogens with zero attached hydrogens (tertiary/aromatic N) is 3. The van der Waals surface area contributed by atoms with E-state index in [0.29, 0.717) is 22.3 Å². The summed E-state index contributed by atoms with van der Waals surface area (Å²) < 4.78 is 5.97. The van der Waals surface area contributed by atoms with Crippen molar-refractivity contribution in [3.05, 3.63) is 118 Å². The molecule has 2 amide bonds. The van der Waals surface area contributed by atoms with Crippen molar-refractivity contribution in [2.45, 2.75) is 20.0 Å². The van der Waals surface area contributed by atoms with Crippen LogP contribution in [0.4, 0.5) is 5.13 Å². The summed E-state index contributed by atoms with van der Waals surface area (Å²) in [6, 6.07) is 29.1. The van der Waals surface area contributed by atoms with E-state index in [0.717, 1.165) is 33.8 Å². The van der Waals surface area contributed by atoms with Crippen molar-refractivity contribution in [3.63, 3.8) is 0 Å². The van der Waals surface area contributed by atoms with Crippen molar-refractivity contribution in [2.24, 2.45) is 5.10 Å². The molecule has 0 unspecified atom stereocenters. The Kier molecular flexibility index (Phi) is 7.99. The number of hydrogen-bond donors (Lipinski definition) is 2. The maximum atomic E-state index is 12.3. The zero-order valence-corrected chi connectivity index (χ0v) is 21.9. The van der Waals surface area contributed by atoms with E-state index in [2.05, 4.69) is 50.3 Å². The zero-order valence-electron chi connectivity index (χ0n) is 21.1. The number of hydrazone groups is 1. The lowest BCUT2D eigenvalue weighted by Gasteiger charge is -2.09. The molecule has 5 rings (SSSR count). The van der Waals surface area contributed by atoms with Gasteiger partial charge in [-0.25, -0.2) is 5.43 Å². The molecule has 1 aromatic heterocycles. The number of carbonyl (C=O) groups excluding carboxylic acids is 2. The van der Waals surface area contributed by atoms with Gasteiger partial charge < -0.3 is 4.74 Å². The van der Waals surface area contributed by atoms with Gasteiger partial charge in [0.1, 0.15) is 17.4 Å². The number of anilines is 1. The maximum absolute atomic E-state index is 12.3. The largest absolute Gasteiger partial charge is 0.489 e. The predicted octanol–water partition coefficient (Wildman–Crippen LogP) is 5.52. The Bertz CT molecular complexity index is 1620. The molecule has 1 heterocycles. The number of ether oxygens (including phenoxy) is 1. The Morgan fingerprint density at radius 2 is 1.69 bits per heavy atom. The quantitative estimate of drug-likeness (QED) is 0.191. The number of fused-ring (bicyclic) bond motifs is 1. The summed E-state index contributed by atoms with van der Waals surface area (Å²) in [6.45, 7) is 2.42. The second-order valence-corrected chi connectivity index (χ2v) is 9.85. The minimum absolute atomic E-state index is 0.00362. The fourth-order valence-electron chi connectivity index (χ4n) is 3.84. The van der Waals surface area contributed by atoms with Crippen molar-refractivity contribution >= 4 is 45.3 Å². The highest BCUT2D eigenvalue weighted by Gasteiger charge is 2.12. The first-order valence-electron chi connectivity index (χ1n) is 12.3. The summed E-state index contributed by atoms with van der Waals surface area (Å²) in [7, 11) is 0. The van der Waals surface area contributed by atoms with E-state index in [4.69, 9.17) is 4.74 Å². The Labute approximate surface area is 229 Å². The van der Waals surface area contributed by atoms with Gasteiger partial charge in [-0.15, -0.1) is 10.2 Å². The first-order chi connectivity index (χ1) is 19.0. The van der Waals surface area contributed by atoms with E-state index in [-0.39, 0.29) is 18.2 Å². The van der Waals surface area contributed by atoms with E-state index >= 15 is 0 Å². The maximum Gasteiger partial charge on any atom is 0.257 e. The van der Waals surface area contributed by atoms with Crippen molar-refractivity contribution in [3.8, 4) is 5.75 Å². The summed E-state index contributed by atoms with van der Waals surface area (Å²) >= 11 is 1.14. The van der Waals surface area contributed by atoms with Gasteiger partial charge in [-0.3, -0.25) is 14.9 Å². The standard InChI is InChI=1S/C30H25N5O3S/c1-20-9-13-23(14-10-20)29(37)32-30-35-34-28(39-30)17-27(36)33-31-18-21-11-15-25(16-12-21)38-19-24-7-4-6-22-5-2-3-8-26(22)24/h2-16,18H,17,19H2,1H3,(H,33,36)(H,32,35,37)/b31-18-. The molecule has 0 atom stereocenters. The molecule has 0 spiro atoms. The van der Waals surface area contributed by atoms with Gasteiger partial charge in [0.25, 0.3) is 5.91 Å². The minimum Gasteiger partial charge on any atom is -0.489 e. The van der Waals surface area contributed by atoms with Crippen LogP contribution in [0.2, 0.25) is 0 Å². The molecular weight excluding hydrogens is 510 g/mol. The third kappa shape index (κ3) is 6.91. The molecule has 0 aliphatic heterocycles. The summed E-state index contributed by atoms with van der Waals surface area (Å²) in [5, 5.41) is 17.8. The van der Waals surface area contributed by atoms with Crippen LogP contribution in [-0.2, 0) is 17.8 Å². The van der Waals surface area contributed by atoms with Crippen LogP contribution >= 0.6 is 11.3 Å². The molecule has 0 bridgehead atoms. The van der Waals surface area contributed by atoms with Crippen LogP contribution in [0, 0.1) is 6.92 Å². The molecule has 39 heavy (non-hydrogen) atoms. The summed E-state index contributed by atoms with van der Waals surface area (Å²) in [5.74, 6) is 0.122. The van der Waals surface area contributed by atoms with Crippen LogP contribution < -0.4 is 15.5 Å². The predicted molar refractivity (Wildman–Crippen MR) is 153 cm³/mol. The first-order valence-corrected chi connectivity index (χ1v) is 13.1. The van der Waals surface area contributed by atoms with Crippen LogP contribution in [0.5, 0.6) is 5.75 Å². The van der Waals surface area contributed by atoms with E-state index in [1.165, 1.54) is 10.8 Å². The Morgan fingerprint density at radius 3 is 2.51 bits per heavy atom. The third-order valence-corrected chi connectivity index (χ3v) is 6.71. The van der Waals surface area contributed by atoms with Gasteiger partial charge in [-0.05, 0) is 65.2 Å². The molecule has 0 aliphatic rings. The lowest BCUT2D eigenvalue weighted by atomic mass is 10.1. The summed E-state index contributed by atoms with van der Waals surface area (Å²) in [6.07, 6.45) is 1.55. The average molecular weight is 536 g/mol. The smallest absolute Gasteiger partial charge is 0.257 e. The van der Waals surface area contributed by atoms with Crippen LogP contribution in [0.25, 0.3) is 10.8 Å². The molecule has 0 saturated carbocycles. The second kappa shape index (κ2) is 12.1. The van der Waals surface area contributed by atoms with Crippen molar-refractivity contribution < 1.29 is 14.3 Å². The number of nitrogens with one attached hydrogen (secondary N) is 2. The number of aryl methyl sites for hydroxylation is 1.